The second-order valence-corrected chi connectivity index (χ2v) is 7.45. The van der Waals surface area contributed by atoms with E-state index in [0.717, 1.165) is 6.54 Å². The van der Waals surface area contributed by atoms with Crippen LogP contribution in [0, 0.1) is 0 Å². The van der Waals surface area contributed by atoms with E-state index in [1.165, 1.54) is 42.6 Å². The van der Waals surface area contributed by atoms with Gasteiger partial charge in [-0.05, 0) is 36.0 Å². The largest absolute Gasteiger partial charge is 0.376 e. The molecule has 2 nitrogen and oxygen atoms in total. The summed E-state index contributed by atoms with van der Waals surface area (Å²) in [4.78, 5) is 2.43. The third kappa shape index (κ3) is 2.22. The Morgan fingerprint density at radius 3 is 2.47 bits per heavy atom. The number of likely N-dealkylation sites (N-methyl/N-ethyl adjacent to an activating group) is 1. The summed E-state index contributed by atoms with van der Waals surface area (Å²) in [6.45, 7) is 8.00. The van der Waals surface area contributed by atoms with Gasteiger partial charge in [-0.15, -0.1) is 0 Å². The molecule has 1 heterocycles. The van der Waals surface area contributed by atoms with Gasteiger partial charge in [0.1, 0.15) is 0 Å². The zero-order valence-corrected chi connectivity index (χ0v) is 12.7. The summed E-state index contributed by atoms with van der Waals surface area (Å²) in [5.41, 5.74) is 4.66. The molecule has 104 valence electrons. The molecule has 0 unspecified atom stereocenters. The molecular weight excluding hydrogens is 232 g/mol. The number of fused-ring (bicyclic) bond motifs is 1. The van der Waals surface area contributed by atoms with Crippen LogP contribution >= 0.6 is 0 Å². The topological polar surface area (TPSA) is 15.3 Å². The number of nitrogens with one attached hydrogen (secondary N) is 1. The van der Waals surface area contributed by atoms with Gasteiger partial charge in [0, 0.05) is 13.6 Å². The molecule has 1 saturated carbocycles. The third-order valence-corrected chi connectivity index (χ3v) is 4.77. The average molecular weight is 258 g/mol. The Morgan fingerprint density at radius 2 is 1.84 bits per heavy atom. The van der Waals surface area contributed by atoms with Gasteiger partial charge in [0.25, 0.3) is 0 Å². The fourth-order valence-corrected chi connectivity index (χ4v) is 3.63. The normalized spacial score (nSPS) is 21.4. The van der Waals surface area contributed by atoms with Crippen molar-refractivity contribution in [1.29, 1.82) is 0 Å². The van der Waals surface area contributed by atoms with E-state index in [1.807, 2.05) is 0 Å². The summed E-state index contributed by atoms with van der Waals surface area (Å²) in [7, 11) is 2.23. The first-order valence-electron chi connectivity index (χ1n) is 7.54. The predicted molar refractivity (Wildman–Crippen MR) is 83.2 cm³/mol. The minimum Gasteiger partial charge on any atom is -0.376 e. The molecular formula is C17H26N2. The van der Waals surface area contributed by atoms with E-state index in [4.69, 9.17) is 0 Å². The molecule has 0 radical (unpaired) electrons. The van der Waals surface area contributed by atoms with E-state index >= 15 is 0 Å². The lowest BCUT2D eigenvalue weighted by Crippen LogP contribution is -2.49. The van der Waals surface area contributed by atoms with Crippen LogP contribution in [0.4, 0.5) is 11.4 Å². The zero-order chi connectivity index (χ0) is 13.7. The number of anilines is 2. The van der Waals surface area contributed by atoms with Gasteiger partial charge in [0.05, 0.1) is 16.9 Å². The predicted octanol–water partition coefficient (Wildman–Crippen LogP) is 4.16. The van der Waals surface area contributed by atoms with Crippen LogP contribution in [0.2, 0.25) is 0 Å². The van der Waals surface area contributed by atoms with Crippen LogP contribution in [0.1, 0.15) is 52.0 Å². The van der Waals surface area contributed by atoms with Crippen molar-refractivity contribution in [3.8, 4) is 0 Å². The maximum atomic E-state index is 3.87. The highest BCUT2D eigenvalue weighted by atomic mass is 15.2. The van der Waals surface area contributed by atoms with Crippen molar-refractivity contribution < 1.29 is 0 Å². The van der Waals surface area contributed by atoms with Crippen LogP contribution < -0.4 is 10.2 Å². The van der Waals surface area contributed by atoms with Crippen LogP contribution in [0.15, 0.2) is 18.2 Å². The van der Waals surface area contributed by atoms with Crippen molar-refractivity contribution in [2.24, 2.45) is 0 Å². The molecule has 0 aromatic heterocycles. The van der Waals surface area contributed by atoms with E-state index in [9.17, 15) is 0 Å². The van der Waals surface area contributed by atoms with E-state index < -0.39 is 0 Å². The maximum absolute atomic E-state index is 3.87. The molecule has 2 aliphatic rings. The van der Waals surface area contributed by atoms with Gasteiger partial charge in [0.2, 0.25) is 0 Å². The number of rotatable bonds is 0. The Morgan fingerprint density at radius 1 is 1.16 bits per heavy atom. The number of nitrogens with zero attached hydrogens (tertiary/aromatic N) is 1. The number of benzene rings is 1. The van der Waals surface area contributed by atoms with Crippen molar-refractivity contribution in [2.75, 3.05) is 23.8 Å². The first-order chi connectivity index (χ1) is 8.90. The summed E-state index contributed by atoms with van der Waals surface area (Å²) < 4.78 is 0. The Balaban J connectivity index is 1.99. The zero-order valence-electron chi connectivity index (χ0n) is 12.7. The van der Waals surface area contributed by atoms with Crippen molar-refractivity contribution in [2.45, 2.75) is 57.4 Å². The van der Waals surface area contributed by atoms with Crippen LogP contribution in [0.5, 0.6) is 0 Å². The quantitative estimate of drug-likeness (QED) is 0.751. The molecule has 1 aromatic rings. The summed E-state index contributed by atoms with van der Waals surface area (Å²) in [6.07, 6.45) is 5.37. The lowest BCUT2D eigenvalue weighted by molar-refractivity contribution is 0.471. The second kappa shape index (κ2) is 4.16. The molecule has 19 heavy (non-hydrogen) atoms. The van der Waals surface area contributed by atoms with Crippen LogP contribution in [0.25, 0.3) is 0 Å². The fraction of sp³-hybridized carbons (Fsp3) is 0.647. The summed E-state index contributed by atoms with van der Waals surface area (Å²) >= 11 is 0. The van der Waals surface area contributed by atoms with Gasteiger partial charge in [0.15, 0.2) is 0 Å². The Labute approximate surface area is 117 Å². The van der Waals surface area contributed by atoms with Crippen molar-refractivity contribution in [1.82, 2.24) is 0 Å². The molecule has 1 aliphatic heterocycles. The van der Waals surface area contributed by atoms with E-state index in [2.05, 4.69) is 56.2 Å². The molecule has 1 N–H and O–H groups in total. The Kier molecular flexibility index (Phi) is 2.81. The monoisotopic (exact) mass is 258 g/mol. The van der Waals surface area contributed by atoms with Crippen molar-refractivity contribution in [3.05, 3.63) is 23.8 Å². The molecule has 3 rings (SSSR count). The van der Waals surface area contributed by atoms with Crippen molar-refractivity contribution >= 4 is 11.4 Å². The standard InChI is InChI=1S/C17H26N2/c1-16(2,3)13-7-8-15-14(11-13)18-17(12-19(15)4)9-5-6-10-17/h7-8,11,18H,5-6,9-10,12H2,1-4H3. The molecule has 1 aromatic carbocycles. The lowest BCUT2D eigenvalue weighted by Gasteiger charge is -2.43. The number of hydrogen-bond acceptors (Lipinski definition) is 2. The van der Waals surface area contributed by atoms with E-state index in [-0.39, 0.29) is 5.41 Å². The van der Waals surface area contributed by atoms with Crippen LogP contribution in [-0.4, -0.2) is 19.1 Å². The molecule has 0 amide bonds. The smallest absolute Gasteiger partial charge is 0.0600 e. The van der Waals surface area contributed by atoms with E-state index in [1.54, 1.807) is 0 Å². The molecule has 1 aliphatic carbocycles. The summed E-state index contributed by atoms with van der Waals surface area (Å²) in [5.74, 6) is 0. The van der Waals surface area contributed by atoms with Crippen LogP contribution in [-0.2, 0) is 5.41 Å². The molecule has 0 saturated heterocycles. The van der Waals surface area contributed by atoms with E-state index in [0.29, 0.717) is 5.54 Å². The second-order valence-electron chi connectivity index (χ2n) is 7.45. The van der Waals surface area contributed by atoms with Gasteiger partial charge < -0.3 is 10.2 Å². The van der Waals surface area contributed by atoms with Gasteiger partial charge in [-0.25, -0.2) is 0 Å². The maximum Gasteiger partial charge on any atom is 0.0600 e. The summed E-state index contributed by atoms with van der Waals surface area (Å²) in [6, 6.07) is 6.93. The Bertz CT molecular complexity index is 479. The molecule has 0 atom stereocenters. The lowest BCUT2D eigenvalue weighted by atomic mass is 9.85. The minimum atomic E-state index is 0.218. The Hall–Kier alpha value is -1.18. The fourth-order valence-electron chi connectivity index (χ4n) is 3.63. The highest BCUT2D eigenvalue weighted by Crippen LogP contribution is 2.42. The summed E-state index contributed by atoms with van der Waals surface area (Å²) in [5, 5.41) is 3.87. The highest BCUT2D eigenvalue weighted by molar-refractivity contribution is 5.74. The molecule has 1 fully saturated rings. The first-order valence-corrected chi connectivity index (χ1v) is 7.54. The van der Waals surface area contributed by atoms with Gasteiger partial charge in [-0.3, -0.25) is 0 Å². The minimum absolute atomic E-state index is 0.218. The van der Waals surface area contributed by atoms with Crippen LogP contribution in [0.3, 0.4) is 0 Å². The van der Waals surface area contributed by atoms with Crippen molar-refractivity contribution in [3.63, 3.8) is 0 Å². The molecule has 0 bridgehead atoms. The van der Waals surface area contributed by atoms with Gasteiger partial charge in [-0.1, -0.05) is 39.7 Å². The third-order valence-electron chi connectivity index (χ3n) is 4.77. The molecule has 1 spiro atoms. The SMILES string of the molecule is CN1CC2(CCCC2)Nc2cc(C(C)(C)C)ccc21. The number of hydrogen-bond donors (Lipinski definition) is 1. The average Bonchev–Trinajstić information content (AvgIpc) is 2.75. The molecule has 2 heteroatoms. The first kappa shape index (κ1) is 12.8. The van der Waals surface area contributed by atoms with Gasteiger partial charge in [-0.2, -0.15) is 0 Å². The van der Waals surface area contributed by atoms with Gasteiger partial charge >= 0.3 is 0 Å². The highest BCUT2D eigenvalue weighted by Gasteiger charge is 2.38.